The minimum Gasteiger partial charge on any atom is -0.496 e. The summed E-state index contributed by atoms with van der Waals surface area (Å²) in [4.78, 5) is 23.0. The summed E-state index contributed by atoms with van der Waals surface area (Å²) in [5.74, 6) is 0.0217. The van der Waals surface area contributed by atoms with Gasteiger partial charge in [-0.25, -0.2) is 0 Å². The van der Waals surface area contributed by atoms with E-state index in [2.05, 4.69) is 5.32 Å². The van der Waals surface area contributed by atoms with E-state index in [0.717, 1.165) is 0 Å². The van der Waals surface area contributed by atoms with Gasteiger partial charge in [0.15, 0.2) is 0 Å². The highest BCUT2D eigenvalue weighted by atomic mass is 16.5. The molecule has 1 aromatic carbocycles. The summed E-state index contributed by atoms with van der Waals surface area (Å²) in [6, 6.07) is 4.21. The van der Waals surface area contributed by atoms with Crippen LogP contribution in [0, 0.1) is 0 Å². The molecule has 1 atom stereocenters. The largest absolute Gasteiger partial charge is 0.496 e. The van der Waals surface area contributed by atoms with Crippen LogP contribution in [0.1, 0.15) is 23.2 Å². The van der Waals surface area contributed by atoms with Gasteiger partial charge in [0.2, 0.25) is 0 Å². The monoisotopic (exact) mass is 265 g/mol. The third kappa shape index (κ3) is 4.26. The first-order chi connectivity index (χ1) is 9.12. The molecule has 6 nitrogen and oxygen atoms in total. The van der Waals surface area contributed by atoms with Crippen molar-refractivity contribution in [3.63, 3.8) is 0 Å². The zero-order valence-electron chi connectivity index (χ0n) is 10.9. The maximum Gasteiger partial charge on any atom is 0.255 e. The molecule has 0 saturated heterocycles. The third-order valence-corrected chi connectivity index (χ3v) is 2.67. The number of methoxy groups -OCH3 is 1. The first-order valence-corrected chi connectivity index (χ1v) is 6.02. The number of anilines is 1. The average molecular weight is 265 g/mol. The molecule has 5 N–H and O–H groups in total. The number of nitrogen functional groups attached to an aromatic ring is 1. The van der Waals surface area contributed by atoms with Gasteiger partial charge < -0.3 is 26.3 Å². The highest BCUT2D eigenvalue weighted by Crippen LogP contribution is 2.21. The van der Waals surface area contributed by atoms with Crippen molar-refractivity contribution in [3.05, 3.63) is 23.8 Å². The molecule has 1 unspecified atom stereocenters. The quantitative estimate of drug-likeness (QED) is 0.486. The number of aldehydes is 1. The highest BCUT2D eigenvalue weighted by Gasteiger charge is 2.16. The summed E-state index contributed by atoms with van der Waals surface area (Å²) in [5.41, 5.74) is 11.8. The summed E-state index contributed by atoms with van der Waals surface area (Å²) < 4.78 is 5.09. The Morgan fingerprint density at radius 2 is 2.26 bits per heavy atom. The Morgan fingerprint density at radius 1 is 1.53 bits per heavy atom. The summed E-state index contributed by atoms with van der Waals surface area (Å²) in [6.45, 7) is 0.474. The molecule has 0 aliphatic heterocycles. The summed E-state index contributed by atoms with van der Waals surface area (Å²) in [7, 11) is 1.47. The smallest absolute Gasteiger partial charge is 0.255 e. The highest BCUT2D eigenvalue weighted by molar-refractivity contribution is 5.99. The van der Waals surface area contributed by atoms with Crippen molar-refractivity contribution in [1.29, 1.82) is 0 Å². The molecule has 1 rings (SSSR count). The maximum absolute atomic E-state index is 12.1. The Hall–Kier alpha value is -2.08. The molecule has 0 radical (unpaired) electrons. The predicted molar refractivity (Wildman–Crippen MR) is 73.0 cm³/mol. The van der Waals surface area contributed by atoms with Crippen LogP contribution in [0.2, 0.25) is 0 Å². The molecule has 0 heterocycles. The second-order valence-corrected chi connectivity index (χ2v) is 4.11. The fourth-order valence-corrected chi connectivity index (χ4v) is 1.66. The molecular weight excluding hydrogens is 246 g/mol. The zero-order valence-corrected chi connectivity index (χ0v) is 10.9. The van der Waals surface area contributed by atoms with Crippen LogP contribution in [0.25, 0.3) is 0 Å². The lowest BCUT2D eigenvalue weighted by atomic mass is 10.1. The second kappa shape index (κ2) is 7.38. The van der Waals surface area contributed by atoms with Gasteiger partial charge in [-0.05, 0) is 37.6 Å². The SMILES string of the molecule is COc1ccc(N)cc1C(=O)NC(C=O)CCCN. The molecular formula is C13H19N3O3. The number of carbonyl (C=O) groups excluding carboxylic acids is 2. The lowest BCUT2D eigenvalue weighted by molar-refractivity contribution is -0.109. The number of amides is 1. The van der Waals surface area contributed by atoms with Crippen LogP contribution in [0.15, 0.2) is 18.2 Å². The first kappa shape index (κ1) is 15.0. The summed E-state index contributed by atoms with van der Waals surface area (Å²) in [5, 5.41) is 2.62. The molecule has 1 amide bonds. The van der Waals surface area contributed by atoms with Gasteiger partial charge in [0.25, 0.3) is 5.91 Å². The molecule has 0 aromatic heterocycles. The molecule has 1 aromatic rings. The Morgan fingerprint density at radius 3 is 2.84 bits per heavy atom. The predicted octanol–water partition coefficient (Wildman–Crippen LogP) is 0.314. The van der Waals surface area contributed by atoms with E-state index in [1.54, 1.807) is 12.1 Å². The van der Waals surface area contributed by atoms with Gasteiger partial charge in [-0.1, -0.05) is 0 Å². The molecule has 0 aliphatic carbocycles. The molecule has 104 valence electrons. The number of nitrogens with two attached hydrogens (primary N) is 2. The second-order valence-electron chi connectivity index (χ2n) is 4.11. The van der Waals surface area contributed by atoms with E-state index < -0.39 is 11.9 Å². The zero-order chi connectivity index (χ0) is 14.3. The number of benzene rings is 1. The minimum atomic E-state index is -0.554. The Bertz CT molecular complexity index is 449. The molecule has 0 spiro atoms. The lowest BCUT2D eigenvalue weighted by Gasteiger charge is -2.14. The molecule has 0 fully saturated rings. The van der Waals surface area contributed by atoms with Crippen molar-refractivity contribution < 1.29 is 14.3 Å². The molecule has 6 heteroatoms. The fraction of sp³-hybridized carbons (Fsp3) is 0.385. The van der Waals surface area contributed by atoms with Crippen LogP contribution < -0.4 is 21.5 Å². The van der Waals surface area contributed by atoms with Crippen molar-refractivity contribution >= 4 is 17.9 Å². The van der Waals surface area contributed by atoms with Gasteiger partial charge in [-0.3, -0.25) is 4.79 Å². The minimum absolute atomic E-state index is 0.307. The van der Waals surface area contributed by atoms with Gasteiger partial charge >= 0.3 is 0 Å². The van der Waals surface area contributed by atoms with Crippen LogP contribution in [-0.4, -0.2) is 31.9 Å². The van der Waals surface area contributed by atoms with Gasteiger partial charge in [0, 0.05) is 5.69 Å². The van der Waals surface area contributed by atoms with E-state index >= 15 is 0 Å². The third-order valence-electron chi connectivity index (χ3n) is 2.67. The van der Waals surface area contributed by atoms with Gasteiger partial charge in [-0.2, -0.15) is 0 Å². The number of nitrogens with one attached hydrogen (secondary N) is 1. The number of carbonyl (C=O) groups is 2. The number of ether oxygens (including phenoxy) is 1. The normalized spacial score (nSPS) is 11.7. The summed E-state index contributed by atoms with van der Waals surface area (Å²) in [6.07, 6.45) is 1.88. The molecule has 0 aliphatic rings. The topological polar surface area (TPSA) is 107 Å². The van der Waals surface area contributed by atoms with Crippen LogP contribution in [0.3, 0.4) is 0 Å². The number of hydrogen-bond donors (Lipinski definition) is 3. The average Bonchev–Trinajstić information content (AvgIpc) is 2.43. The van der Waals surface area contributed by atoms with E-state index in [1.165, 1.54) is 13.2 Å². The Balaban J connectivity index is 2.81. The van der Waals surface area contributed by atoms with Crippen LogP contribution >= 0.6 is 0 Å². The van der Waals surface area contributed by atoms with E-state index in [4.69, 9.17) is 16.2 Å². The van der Waals surface area contributed by atoms with Crippen molar-refractivity contribution in [2.45, 2.75) is 18.9 Å². The van der Waals surface area contributed by atoms with Crippen LogP contribution in [0.5, 0.6) is 5.75 Å². The Kier molecular flexibility index (Phi) is 5.81. The van der Waals surface area contributed by atoms with Gasteiger partial charge in [-0.15, -0.1) is 0 Å². The standard InChI is InChI=1S/C13H19N3O3/c1-19-12-5-4-9(15)7-11(12)13(18)16-10(8-17)3-2-6-14/h4-5,7-8,10H,2-3,6,14-15H2,1H3,(H,16,18). The van der Waals surface area contributed by atoms with Crippen molar-refractivity contribution in [3.8, 4) is 5.75 Å². The van der Waals surface area contributed by atoms with Crippen molar-refractivity contribution in [2.75, 3.05) is 19.4 Å². The van der Waals surface area contributed by atoms with Gasteiger partial charge in [0.1, 0.15) is 12.0 Å². The molecule has 0 bridgehead atoms. The van der Waals surface area contributed by atoms with Crippen LogP contribution in [0.4, 0.5) is 5.69 Å². The van der Waals surface area contributed by atoms with E-state index in [-0.39, 0.29) is 0 Å². The first-order valence-electron chi connectivity index (χ1n) is 6.02. The Labute approximate surface area is 112 Å². The molecule has 0 saturated carbocycles. The van der Waals surface area contributed by atoms with E-state index in [9.17, 15) is 9.59 Å². The van der Waals surface area contributed by atoms with Gasteiger partial charge in [0.05, 0.1) is 18.7 Å². The number of hydrogen-bond acceptors (Lipinski definition) is 5. The number of rotatable bonds is 7. The summed E-state index contributed by atoms with van der Waals surface area (Å²) >= 11 is 0. The maximum atomic E-state index is 12.1. The van der Waals surface area contributed by atoms with Crippen molar-refractivity contribution in [2.24, 2.45) is 5.73 Å². The van der Waals surface area contributed by atoms with Crippen LogP contribution in [-0.2, 0) is 4.79 Å². The van der Waals surface area contributed by atoms with Crippen molar-refractivity contribution in [1.82, 2.24) is 5.32 Å². The fourth-order valence-electron chi connectivity index (χ4n) is 1.66. The van der Waals surface area contributed by atoms with E-state index in [0.29, 0.717) is 42.7 Å². The molecule has 19 heavy (non-hydrogen) atoms. The lowest BCUT2D eigenvalue weighted by Crippen LogP contribution is -2.36. The van der Waals surface area contributed by atoms with E-state index in [1.807, 2.05) is 0 Å².